The van der Waals surface area contributed by atoms with Gasteiger partial charge in [0, 0.05) is 23.7 Å². The largest absolute Gasteiger partial charge is 0.507 e. The number of phenolic OH excluding ortho intramolecular Hbond substituents is 1. The molecule has 0 bridgehead atoms. The zero-order valence-electron chi connectivity index (χ0n) is 13.7. The third kappa shape index (κ3) is 2.80. The number of fused-ring (bicyclic) bond motifs is 1. The molecule has 3 heterocycles. The second kappa shape index (κ2) is 6.13. The molecular formula is C18H21N5O. The lowest BCUT2D eigenvalue weighted by molar-refractivity contribution is 0.263. The van der Waals surface area contributed by atoms with Gasteiger partial charge in [0.15, 0.2) is 5.65 Å². The molecular weight excluding hydrogens is 302 g/mol. The molecule has 0 atom stereocenters. The highest BCUT2D eigenvalue weighted by molar-refractivity contribution is 5.71. The summed E-state index contributed by atoms with van der Waals surface area (Å²) in [5.41, 5.74) is 2.25. The van der Waals surface area contributed by atoms with Crippen LogP contribution in [0.2, 0.25) is 0 Å². The van der Waals surface area contributed by atoms with Crippen molar-refractivity contribution in [3.05, 3.63) is 42.6 Å². The Hall–Kier alpha value is -2.60. The molecule has 1 aliphatic heterocycles. The van der Waals surface area contributed by atoms with Crippen molar-refractivity contribution in [2.45, 2.75) is 18.9 Å². The number of aromatic nitrogens is 3. The number of aromatic hydroxyl groups is 1. The number of anilines is 1. The van der Waals surface area contributed by atoms with Crippen molar-refractivity contribution in [2.75, 3.05) is 25.5 Å². The summed E-state index contributed by atoms with van der Waals surface area (Å²) >= 11 is 0. The highest BCUT2D eigenvalue weighted by atomic mass is 16.3. The number of benzene rings is 1. The van der Waals surface area contributed by atoms with E-state index in [1.807, 2.05) is 34.8 Å². The molecule has 0 radical (unpaired) electrons. The molecule has 2 N–H and O–H groups in total. The minimum atomic E-state index is 0.235. The smallest absolute Gasteiger partial charge is 0.157 e. The fraction of sp³-hybridized carbons (Fsp3) is 0.333. The van der Waals surface area contributed by atoms with Gasteiger partial charge < -0.3 is 15.3 Å². The molecule has 0 spiro atoms. The summed E-state index contributed by atoms with van der Waals surface area (Å²) in [6.45, 7) is 2.19. The van der Waals surface area contributed by atoms with Crippen LogP contribution in [-0.4, -0.2) is 50.8 Å². The van der Waals surface area contributed by atoms with Gasteiger partial charge in [0.05, 0.1) is 11.9 Å². The standard InChI is InChI=1S/C18H21N5O/c1-22-10-7-13(8-11-22)20-18-12-15(14-4-2-3-5-16(14)24)21-17-6-9-19-23(17)18/h2-6,9,12-13,20,24H,7-8,10-11H2,1H3. The van der Waals surface area contributed by atoms with E-state index in [2.05, 4.69) is 27.3 Å². The van der Waals surface area contributed by atoms with Crippen LogP contribution in [0.4, 0.5) is 5.82 Å². The topological polar surface area (TPSA) is 65.7 Å². The van der Waals surface area contributed by atoms with Crippen LogP contribution in [0, 0.1) is 0 Å². The number of para-hydroxylation sites is 1. The Kier molecular flexibility index (Phi) is 3.82. The van der Waals surface area contributed by atoms with Gasteiger partial charge in [0.1, 0.15) is 11.6 Å². The van der Waals surface area contributed by atoms with Gasteiger partial charge >= 0.3 is 0 Å². The van der Waals surface area contributed by atoms with Gasteiger partial charge in [-0.3, -0.25) is 0 Å². The molecule has 1 saturated heterocycles. The summed E-state index contributed by atoms with van der Waals surface area (Å²) < 4.78 is 1.82. The van der Waals surface area contributed by atoms with Gasteiger partial charge in [-0.15, -0.1) is 0 Å². The van der Waals surface area contributed by atoms with Crippen LogP contribution in [0.15, 0.2) is 42.6 Å². The number of likely N-dealkylation sites (tertiary alicyclic amines) is 1. The second-order valence-electron chi connectivity index (χ2n) is 6.37. The first-order valence-electron chi connectivity index (χ1n) is 8.29. The molecule has 6 nitrogen and oxygen atoms in total. The highest BCUT2D eigenvalue weighted by Gasteiger charge is 2.18. The number of nitrogens with one attached hydrogen (secondary N) is 1. The lowest BCUT2D eigenvalue weighted by atomic mass is 10.1. The minimum Gasteiger partial charge on any atom is -0.507 e. The highest BCUT2D eigenvalue weighted by Crippen LogP contribution is 2.30. The van der Waals surface area contributed by atoms with E-state index in [0.717, 1.165) is 48.7 Å². The first-order valence-corrected chi connectivity index (χ1v) is 8.29. The van der Waals surface area contributed by atoms with Crippen molar-refractivity contribution in [3.8, 4) is 17.0 Å². The fourth-order valence-corrected chi connectivity index (χ4v) is 3.21. The van der Waals surface area contributed by atoms with Crippen LogP contribution in [0.25, 0.3) is 16.9 Å². The molecule has 0 unspecified atom stereocenters. The maximum absolute atomic E-state index is 10.1. The number of rotatable bonds is 3. The summed E-state index contributed by atoms with van der Waals surface area (Å²) in [7, 11) is 2.16. The Morgan fingerprint density at radius 2 is 1.96 bits per heavy atom. The van der Waals surface area contributed by atoms with Gasteiger partial charge in [0.25, 0.3) is 0 Å². The normalized spacial score (nSPS) is 16.5. The summed E-state index contributed by atoms with van der Waals surface area (Å²) in [6, 6.07) is 11.5. The predicted octanol–water partition coefficient (Wildman–Crippen LogP) is 2.61. The quantitative estimate of drug-likeness (QED) is 0.775. The molecule has 0 amide bonds. The average Bonchev–Trinajstić information content (AvgIpc) is 3.06. The summed E-state index contributed by atoms with van der Waals surface area (Å²) in [4.78, 5) is 6.97. The summed E-state index contributed by atoms with van der Waals surface area (Å²) in [5, 5.41) is 18.1. The van der Waals surface area contributed by atoms with Gasteiger partial charge in [0.2, 0.25) is 0 Å². The van der Waals surface area contributed by atoms with E-state index in [9.17, 15) is 5.11 Å². The first kappa shape index (κ1) is 15.0. The lowest BCUT2D eigenvalue weighted by Crippen LogP contribution is -2.37. The number of phenols is 1. The third-order valence-electron chi connectivity index (χ3n) is 4.61. The number of piperidine rings is 1. The average molecular weight is 323 g/mol. The summed E-state index contributed by atoms with van der Waals surface area (Å²) in [6.07, 6.45) is 3.96. The Morgan fingerprint density at radius 1 is 1.17 bits per heavy atom. The van der Waals surface area contributed by atoms with Crippen molar-refractivity contribution >= 4 is 11.5 Å². The zero-order valence-corrected chi connectivity index (χ0v) is 13.7. The molecule has 6 heteroatoms. The molecule has 1 aliphatic rings. The van der Waals surface area contributed by atoms with Crippen LogP contribution in [0.1, 0.15) is 12.8 Å². The monoisotopic (exact) mass is 323 g/mol. The van der Waals surface area contributed by atoms with Gasteiger partial charge in [-0.2, -0.15) is 9.61 Å². The molecule has 1 aromatic carbocycles. The Balaban J connectivity index is 1.72. The van der Waals surface area contributed by atoms with E-state index in [1.165, 1.54) is 0 Å². The van der Waals surface area contributed by atoms with Crippen LogP contribution >= 0.6 is 0 Å². The number of hydrogen-bond donors (Lipinski definition) is 2. The SMILES string of the molecule is CN1CCC(Nc2cc(-c3ccccc3O)nc3ccnn23)CC1. The second-order valence-corrected chi connectivity index (χ2v) is 6.37. The van der Waals surface area contributed by atoms with Crippen molar-refractivity contribution < 1.29 is 5.11 Å². The van der Waals surface area contributed by atoms with Crippen molar-refractivity contribution in [1.82, 2.24) is 19.5 Å². The van der Waals surface area contributed by atoms with Crippen molar-refractivity contribution in [3.63, 3.8) is 0 Å². The van der Waals surface area contributed by atoms with E-state index in [-0.39, 0.29) is 5.75 Å². The fourth-order valence-electron chi connectivity index (χ4n) is 3.21. The van der Waals surface area contributed by atoms with Crippen LogP contribution in [-0.2, 0) is 0 Å². The van der Waals surface area contributed by atoms with Gasteiger partial charge in [-0.1, -0.05) is 12.1 Å². The number of nitrogens with zero attached hydrogens (tertiary/aromatic N) is 4. The Labute approximate surface area is 140 Å². The predicted molar refractivity (Wildman–Crippen MR) is 94.2 cm³/mol. The molecule has 124 valence electrons. The summed E-state index contributed by atoms with van der Waals surface area (Å²) in [5.74, 6) is 1.15. The van der Waals surface area contributed by atoms with Crippen LogP contribution < -0.4 is 5.32 Å². The number of hydrogen-bond acceptors (Lipinski definition) is 5. The van der Waals surface area contributed by atoms with Gasteiger partial charge in [-0.25, -0.2) is 4.98 Å². The molecule has 3 aromatic rings. The van der Waals surface area contributed by atoms with Crippen molar-refractivity contribution in [1.29, 1.82) is 0 Å². The first-order chi connectivity index (χ1) is 11.7. The van der Waals surface area contributed by atoms with E-state index < -0.39 is 0 Å². The maximum Gasteiger partial charge on any atom is 0.157 e. The molecule has 4 rings (SSSR count). The molecule has 0 aliphatic carbocycles. The molecule has 2 aromatic heterocycles. The molecule has 0 saturated carbocycles. The zero-order chi connectivity index (χ0) is 16.5. The molecule has 1 fully saturated rings. The third-order valence-corrected chi connectivity index (χ3v) is 4.61. The Bertz CT molecular complexity index is 851. The maximum atomic E-state index is 10.1. The minimum absolute atomic E-state index is 0.235. The van der Waals surface area contributed by atoms with Crippen LogP contribution in [0.3, 0.4) is 0 Å². The molecule has 24 heavy (non-hydrogen) atoms. The lowest BCUT2D eigenvalue weighted by Gasteiger charge is -2.30. The van der Waals surface area contributed by atoms with Gasteiger partial charge in [-0.05, 0) is 45.1 Å². The van der Waals surface area contributed by atoms with Crippen molar-refractivity contribution in [2.24, 2.45) is 0 Å². The van der Waals surface area contributed by atoms with E-state index in [4.69, 9.17) is 0 Å². The van der Waals surface area contributed by atoms with Crippen LogP contribution in [0.5, 0.6) is 5.75 Å². The van der Waals surface area contributed by atoms with E-state index in [0.29, 0.717) is 6.04 Å². The van der Waals surface area contributed by atoms with E-state index >= 15 is 0 Å². The Morgan fingerprint density at radius 3 is 2.75 bits per heavy atom. The van der Waals surface area contributed by atoms with E-state index in [1.54, 1.807) is 12.3 Å².